The summed E-state index contributed by atoms with van der Waals surface area (Å²) in [4.78, 5) is 24.1. The summed E-state index contributed by atoms with van der Waals surface area (Å²) >= 11 is 0. The molecule has 3 N–H and O–H groups in total. The SMILES string of the molecule is CCOc1ccc(S(=O)(=O)N2CCC[C@H](C(=O)Nc3ccc(C(N)=O)cc3)C2)cc1C. The van der Waals surface area contributed by atoms with Gasteiger partial charge in [0.25, 0.3) is 0 Å². The average Bonchev–Trinajstić information content (AvgIpc) is 2.75. The van der Waals surface area contributed by atoms with Crippen LogP contribution in [0.2, 0.25) is 0 Å². The van der Waals surface area contributed by atoms with Crippen molar-refractivity contribution in [3.8, 4) is 5.75 Å². The Kier molecular flexibility index (Phi) is 6.97. The molecule has 166 valence electrons. The molecule has 9 heteroatoms. The maximum Gasteiger partial charge on any atom is 0.248 e. The van der Waals surface area contributed by atoms with Crippen LogP contribution in [-0.4, -0.2) is 44.2 Å². The van der Waals surface area contributed by atoms with Gasteiger partial charge in [-0.05, 0) is 74.7 Å². The zero-order valence-electron chi connectivity index (χ0n) is 17.6. The summed E-state index contributed by atoms with van der Waals surface area (Å²) in [7, 11) is -3.72. The van der Waals surface area contributed by atoms with Gasteiger partial charge in [-0.3, -0.25) is 9.59 Å². The van der Waals surface area contributed by atoms with Gasteiger partial charge in [0.1, 0.15) is 5.75 Å². The summed E-state index contributed by atoms with van der Waals surface area (Å²) in [5.41, 5.74) is 6.84. The normalized spacial score (nSPS) is 17.2. The van der Waals surface area contributed by atoms with Crippen LogP contribution in [0.4, 0.5) is 5.69 Å². The third kappa shape index (κ3) is 5.23. The lowest BCUT2D eigenvalue weighted by Gasteiger charge is -2.31. The van der Waals surface area contributed by atoms with Gasteiger partial charge in [0, 0.05) is 24.3 Å². The first kappa shape index (κ1) is 22.8. The van der Waals surface area contributed by atoms with E-state index in [2.05, 4.69) is 5.32 Å². The summed E-state index contributed by atoms with van der Waals surface area (Å²) < 4.78 is 33.1. The first-order valence-electron chi connectivity index (χ1n) is 10.2. The highest BCUT2D eigenvalue weighted by Gasteiger charge is 2.33. The smallest absolute Gasteiger partial charge is 0.248 e. The predicted molar refractivity (Wildman–Crippen MR) is 117 cm³/mol. The van der Waals surface area contributed by atoms with Crippen LogP contribution in [0.1, 0.15) is 35.7 Å². The Hall–Kier alpha value is -2.91. The second kappa shape index (κ2) is 9.49. The standard InChI is InChI=1S/C22H27N3O5S/c1-3-30-20-11-10-19(13-15(20)2)31(28,29)25-12-4-5-17(14-25)22(27)24-18-8-6-16(7-9-18)21(23)26/h6-11,13,17H,3-5,12,14H2,1-2H3,(H2,23,26)(H,24,27)/t17-/m0/s1. The highest BCUT2D eigenvalue weighted by molar-refractivity contribution is 7.89. The van der Waals surface area contributed by atoms with E-state index in [4.69, 9.17) is 10.5 Å². The van der Waals surface area contributed by atoms with E-state index in [0.29, 0.717) is 43.0 Å². The van der Waals surface area contributed by atoms with E-state index in [0.717, 1.165) is 5.56 Å². The third-order valence-electron chi connectivity index (χ3n) is 5.28. The van der Waals surface area contributed by atoms with Crippen molar-refractivity contribution in [3.05, 3.63) is 53.6 Å². The summed E-state index contributed by atoms with van der Waals surface area (Å²) in [5, 5.41) is 2.79. The van der Waals surface area contributed by atoms with E-state index in [1.165, 1.54) is 22.5 Å². The van der Waals surface area contributed by atoms with E-state index in [9.17, 15) is 18.0 Å². The van der Waals surface area contributed by atoms with Crippen molar-refractivity contribution in [2.45, 2.75) is 31.6 Å². The lowest BCUT2D eigenvalue weighted by atomic mass is 9.98. The zero-order valence-corrected chi connectivity index (χ0v) is 18.4. The molecule has 3 rings (SSSR count). The number of hydrogen-bond donors (Lipinski definition) is 2. The number of primary amides is 1. The Bertz CT molecular complexity index is 1070. The number of amides is 2. The average molecular weight is 446 g/mol. The van der Waals surface area contributed by atoms with Gasteiger partial charge in [0.05, 0.1) is 17.4 Å². The molecule has 2 amide bonds. The molecule has 2 aromatic rings. The predicted octanol–water partition coefficient (Wildman–Crippen LogP) is 2.53. The highest BCUT2D eigenvalue weighted by Crippen LogP contribution is 2.28. The topological polar surface area (TPSA) is 119 Å². The molecule has 2 aromatic carbocycles. The summed E-state index contributed by atoms with van der Waals surface area (Å²) in [5.74, 6) is -0.618. The number of aryl methyl sites for hydroxylation is 1. The molecule has 0 aromatic heterocycles. The van der Waals surface area contributed by atoms with Gasteiger partial charge in [-0.1, -0.05) is 0 Å². The number of nitrogens with zero attached hydrogens (tertiary/aromatic N) is 1. The van der Waals surface area contributed by atoms with Crippen LogP contribution in [-0.2, 0) is 14.8 Å². The molecule has 1 fully saturated rings. The van der Waals surface area contributed by atoms with Crippen LogP contribution in [0, 0.1) is 12.8 Å². The number of anilines is 1. The van der Waals surface area contributed by atoms with Crippen LogP contribution in [0.5, 0.6) is 5.75 Å². The van der Waals surface area contributed by atoms with Crippen LogP contribution in [0.3, 0.4) is 0 Å². The van der Waals surface area contributed by atoms with Crippen molar-refractivity contribution in [1.29, 1.82) is 0 Å². The Labute approximate surface area is 182 Å². The monoisotopic (exact) mass is 445 g/mol. The van der Waals surface area contributed by atoms with Gasteiger partial charge < -0.3 is 15.8 Å². The molecule has 1 heterocycles. The van der Waals surface area contributed by atoms with Gasteiger partial charge in [0.15, 0.2) is 0 Å². The number of piperidine rings is 1. The van der Waals surface area contributed by atoms with E-state index >= 15 is 0 Å². The van der Waals surface area contributed by atoms with Crippen LogP contribution in [0.15, 0.2) is 47.4 Å². The number of carbonyl (C=O) groups excluding carboxylic acids is 2. The highest BCUT2D eigenvalue weighted by atomic mass is 32.2. The van der Waals surface area contributed by atoms with E-state index in [1.54, 1.807) is 31.2 Å². The van der Waals surface area contributed by atoms with E-state index in [1.807, 2.05) is 6.92 Å². The second-order valence-electron chi connectivity index (χ2n) is 7.49. The molecule has 1 atom stereocenters. The summed E-state index contributed by atoms with van der Waals surface area (Å²) in [6.07, 6.45) is 1.19. The zero-order chi connectivity index (χ0) is 22.6. The molecule has 1 aliphatic heterocycles. The minimum absolute atomic E-state index is 0.111. The molecule has 8 nitrogen and oxygen atoms in total. The number of rotatable bonds is 7. The Morgan fingerprint density at radius 2 is 1.90 bits per heavy atom. The molecule has 31 heavy (non-hydrogen) atoms. The minimum atomic E-state index is -3.72. The first-order valence-corrected chi connectivity index (χ1v) is 11.6. The minimum Gasteiger partial charge on any atom is -0.494 e. The molecule has 0 saturated carbocycles. The van der Waals surface area contributed by atoms with Crippen LogP contribution < -0.4 is 15.8 Å². The Morgan fingerprint density at radius 3 is 2.52 bits per heavy atom. The number of carbonyl (C=O) groups is 2. The van der Waals surface area contributed by atoms with E-state index in [-0.39, 0.29) is 17.3 Å². The maximum absolute atomic E-state index is 13.1. The van der Waals surface area contributed by atoms with Crippen LogP contribution in [0.25, 0.3) is 0 Å². The third-order valence-corrected chi connectivity index (χ3v) is 7.14. The number of benzene rings is 2. The van der Waals surface area contributed by atoms with Crippen molar-refractivity contribution >= 4 is 27.5 Å². The van der Waals surface area contributed by atoms with Gasteiger partial charge in [-0.2, -0.15) is 4.31 Å². The number of nitrogens with one attached hydrogen (secondary N) is 1. The lowest BCUT2D eigenvalue weighted by Crippen LogP contribution is -2.43. The summed E-state index contributed by atoms with van der Waals surface area (Å²) in [6.45, 7) is 4.65. The second-order valence-corrected chi connectivity index (χ2v) is 9.43. The van der Waals surface area contributed by atoms with Gasteiger partial charge in [-0.25, -0.2) is 8.42 Å². The van der Waals surface area contributed by atoms with Crippen molar-refractivity contribution in [2.75, 3.05) is 25.0 Å². The quantitative estimate of drug-likeness (QED) is 0.679. The first-order chi connectivity index (χ1) is 14.7. The van der Waals surface area contributed by atoms with Crippen LogP contribution >= 0.6 is 0 Å². The molecule has 1 aliphatic rings. The fourth-order valence-corrected chi connectivity index (χ4v) is 5.20. The fraction of sp³-hybridized carbons (Fsp3) is 0.364. The van der Waals surface area contributed by atoms with Crippen molar-refractivity contribution in [1.82, 2.24) is 4.31 Å². The van der Waals surface area contributed by atoms with Gasteiger partial charge in [0.2, 0.25) is 21.8 Å². The molecule has 1 saturated heterocycles. The molecule has 0 spiro atoms. The van der Waals surface area contributed by atoms with Gasteiger partial charge in [-0.15, -0.1) is 0 Å². The Balaban J connectivity index is 1.71. The number of nitrogens with two attached hydrogens (primary N) is 1. The molecule has 0 bridgehead atoms. The number of ether oxygens (including phenoxy) is 1. The van der Waals surface area contributed by atoms with Crippen molar-refractivity contribution in [3.63, 3.8) is 0 Å². The molecule has 0 aliphatic carbocycles. The molecular formula is C22H27N3O5S. The fourth-order valence-electron chi connectivity index (χ4n) is 3.59. The Morgan fingerprint density at radius 1 is 1.19 bits per heavy atom. The van der Waals surface area contributed by atoms with Crippen molar-refractivity contribution in [2.24, 2.45) is 11.7 Å². The lowest BCUT2D eigenvalue weighted by molar-refractivity contribution is -0.120. The maximum atomic E-state index is 13.1. The number of hydrogen-bond acceptors (Lipinski definition) is 5. The number of sulfonamides is 1. The summed E-state index contributed by atoms with van der Waals surface area (Å²) in [6, 6.07) is 11.1. The molecule has 0 radical (unpaired) electrons. The molecule has 0 unspecified atom stereocenters. The molecular weight excluding hydrogens is 418 g/mol. The van der Waals surface area contributed by atoms with E-state index < -0.39 is 21.8 Å². The largest absolute Gasteiger partial charge is 0.494 e. The van der Waals surface area contributed by atoms with Gasteiger partial charge >= 0.3 is 0 Å². The van der Waals surface area contributed by atoms with Crippen molar-refractivity contribution < 1.29 is 22.7 Å².